The number of carbonyl (C=O) groups is 1. The van der Waals surface area contributed by atoms with Crippen LogP contribution in [-0.2, 0) is 4.79 Å². The second-order valence-corrected chi connectivity index (χ2v) is 7.49. The highest BCUT2D eigenvalue weighted by Gasteiger charge is 2.13. The largest absolute Gasteiger partial charge is 0.493 e. The Balaban J connectivity index is 1.79. The fraction of sp³-hybridized carbons (Fsp3) is 0.200. The summed E-state index contributed by atoms with van der Waals surface area (Å²) in [6.07, 6.45) is 5.13. The lowest BCUT2D eigenvalue weighted by Gasteiger charge is -2.12. The van der Waals surface area contributed by atoms with Crippen LogP contribution in [0.1, 0.15) is 5.56 Å². The Hall–Kier alpha value is -2.71. The van der Waals surface area contributed by atoms with Gasteiger partial charge in [0, 0.05) is 11.0 Å². The summed E-state index contributed by atoms with van der Waals surface area (Å²) in [4.78, 5) is 17.9. The summed E-state index contributed by atoms with van der Waals surface area (Å²) in [5.74, 6) is 1.29. The molecule has 0 bridgehead atoms. The van der Waals surface area contributed by atoms with E-state index in [1.165, 1.54) is 17.4 Å². The molecule has 1 aromatic heterocycles. The SMILES string of the molecule is COc1cc(C=CC(=O)Nc2nc3c(SC)cccc3s2)cc(OC)c1OC. The molecule has 6 nitrogen and oxygen atoms in total. The number of hydrogen-bond donors (Lipinski definition) is 1. The molecule has 0 saturated carbocycles. The van der Waals surface area contributed by atoms with Crippen molar-refractivity contribution in [2.45, 2.75) is 4.90 Å². The fourth-order valence-corrected chi connectivity index (χ4v) is 4.18. The van der Waals surface area contributed by atoms with Crippen LogP contribution >= 0.6 is 23.1 Å². The molecule has 0 radical (unpaired) electrons. The lowest BCUT2D eigenvalue weighted by molar-refractivity contribution is -0.111. The maximum Gasteiger partial charge on any atom is 0.250 e. The number of para-hydroxylation sites is 1. The van der Waals surface area contributed by atoms with Crippen molar-refractivity contribution in [3.05, 3.63) is 42.0 Å². The number of methoxy groups -OCH3 is 3. The molecule has 1 heterocycles. The highest BCUT2D eigenvalue weighted by Crippen LogP contribution is 2.38. The molecule has 0 unspecified atom stereocenters. The molecule has 2 aromatic carbocycles. The van der Waals surface area contributed by atoms with E-state index in [0.717, 1.165) is 20.7 Å². The molecule has 28 heavy (non-hydrogen) atoms. The number of anilines is 1. The van der Waals surface area contributed by atoms with Crippen LogP contribution in [-0.4, -0.2) is 38.5 Å². The normalized spacial score (nSPS) is 11.0. The fourth-order valence-electron chi connectivity index (χ4n) is 2.66. The molecule has 0 atom stereocenters. The number of fused-ring (bicyclic) bond motifs is 1. The summed E-state index contributed by atoms with van der Waals surface area (Å²) in [5.41, 5.74) is 1.66. The highest BCUT2D eigenvalue weighted by atomic mass is 32.2. The maximum absolute atomic E-state index is 12.3. The number of hydrogen-bond acceptors (Lipinski definition) is 7. The van der Waals surface area contributed by atoms with Gasteiger partial charge in [0.05, 0.1) is 31.5 Å². The molecule has 0 fully saturated rings. The minimum Gasteiger partial charge on any atom is -0.493 e. The Labute approximate surface area is 171 Å². The van der Waals surface area contributed by atoms with E-state index in [1.807, 2.05) is 24.5 Å². The molecular formula is C20H20N2O4S2. The number of nitrogens with one attached hydrogen (secondary N) is 1. The van der Waals surface area contributed by atoms with Crippen molar-refractivity contribution in [3.8, 4) is 17.2 Å². The number of amides is 1. The Morgan fingerprint density at radius 3 is 2.46 bits per heavy atom. The van der Waals surface area contributed by atoms with Crippen LogP contribution in [0.15, 0.2) is 41.3 Å². The van der Waals surface area contributed by atoms with Gasteiger partial charge in [-0.05, 0) is 42.2 Å². The topological polar surface area (TPSA) is 69.7 Å². The van der Waals surface area contributed by atoms with Crippen molar-refractivity contribution >= 4 is 50.4 Å². The molecule has 0 aliphatic heterocycles. The Kier molecular flexibility index (Phi) is 6.43. The van der Waals surface area contributed by atoms with Gasteiger partial charge in [0.25, 0.3) is 0 Å². The molecule has 146 valence electrons. The number of thioether (sulfide) groups is 1. The predicted octanol–water partition coefficient (Wildman–Crippen LogP) is 4.70. The third kappa shape index (κ3) is 4.23. The van der Waals surface area contributed by atoms with Gasteiger partial charge >= 0.3 is 0 Å². The molecule has 0 spiro atoms. The van der Waals surface area contributed by atoms with Gasteiger partial charge in [0.1, 0.15) is 0 Å². The van der Waals surface area contributed by atoms with Gasteiger partial charge in [0.15, 0.2) is 16.6 Å². The first kappa shape index (κ1) is 20.0. The van der Waals surface area contributed by atoms with E-state index in [0.29, 0.717) is 22.4 Å². The monoisotopic (exact) mass is 416 g/mol. The van der Waals surface area contributed by atoms with Gasteiger partial charge in [0.2, 0.25) is 11.7 Å². The van der Waals surface area contributed by atoms with E-state index >= 15 is 0 Å². The molecular weight excluding hydrogens is 396 g/mol. The first-order valence-electron chi connectivity index (χ1n) is 8.32. The molecule has 0 saturated heterocycles. The van der Waals surface area contributed by atoms with Crippen LogP contribution in [0.4, 0.5) is 5.13 Å². The van der Waals surface area contributed by atoms with Crippen LogP contribution in [0.2, 0.25) is 0 Å². The minimum atomic E-state index is -0.265. The van der Waals surface area contributed by atoms with Crippen molar-refractivity contribution in [1.82, 2.24) is 4.98 Å². The molecule has 1 amide bonds. The second-order valence-electron chi connectivity index (χ2n) is 5.61. The number of ether oxygens (including phenoxy) is 3. The van der Waals surface area contributed by atoms with E-state index in [1.54, 1.807) is 51.3 Å². The Bertz CT molecular complexity index is 1010. The van der Waals surface area contributed by atoms with Crippen molar-refractivity contribution < 1.29 is 19.0 Å². The molecule has 3 aromatic rings. The third-order valence-corrected chi connectivity index (χ3v) is 5.65. The number of rotatable bonds is 7. The summed E-state index contributed by atoms with van der Waals surface area (Å²) in [6.45, 7) is 0. The lowest BCUT2D eigenvalue weighted by atomic mass is 10.1. The lowest BCUT2D eigenvalue weighted by Crippen LogP contribution is -2.07. The number of nitrogens with zero attached hydrogens (tertiary/aromatic N) is 1. The van der Waals surface area contributed by atoms with E-state index in [9.17, 15) is 4.79 Å². The maximum atomic E-state index is 12.3. The van der Waals surface area contributed by atoms with Crippen LogP contribution in [0.25, 0.3) is 16.3 Å². The van der Waals surface area contributed by atoms with E-state index in [2.05, 4.69) is 10.3 Å². The second kappa shape index (κ2) is 8.99. The zero-order chi connectivity index (χ0) is 20.1. The van der Waals surface area contributed by atoms with Crippen molar-refractivity contribution in [2.75, 3.05) is 32.9 Å². The van der Waals surface area contributed by atoms with Gasteiger partial charge in [-0.2, -0.15) is 0 Å². The van der Waals surface area contributed by atoms with Crippen molar-refractivity contribution in [1.29, 1.82) is 0 Å². The van der Waals surface area contributed by atoms with Crippen LogP contribution in [0.5, 0.6) is 17.2 Å². The first-order chi connectivity index (χ1) is 13.6. The van der Waals surface area contributed by atoms with E-state index < -0.39 is 0 Å². The Morgan fingerprint density at radius 2 is 1.86 bits per heavy atom. The number of carbonyl (C=O) groups excluding carboxylic acids is 1. The molecule has 3 rings (SSSR count). The summed E-state index contributed by atoms with van der Waals surface area (Å²) in [5, 5.41) is 3.38. The van der Waals surface area contributed by atoms with Crippen molar-refractivity contribution in [2.24, 2.45) is 0 Å². The van der Waals surface area contributed by atoms with Gasteiger partial charge in [-0.1, -0.05) is 17.4 Å². The first-order valence-corrected chi connectivity index (χ1v) is 10.4. The Morgan fingerprint density at radius 1 is 1.14 bits per heavy atom. The van der Waals surface area contributed by atoms with Crippen LogP contribution in [0.3, 0.4) is 0 Å². The predicted molar refractivity (Wildman–Crippen MR) is 115 cm³/mol. The number of benzene rings is 2. The van der Waals surface area contributed by atoms with Gasteiger partial charge in [-0.15, -0.1) is 11.8 Å². The average Bonchev–Trinajstić information content (AvgIpc) is 3.13. The van der Waals surface area contributed by atoms with Gasteiger partial charge < -0.3 is 14.2 Å². The molecule has 8 heteroatoms. The van der Waals surface area contributed by atoms with Gasteiger partial charge in [-0.3, -0.25) is 10.1 Å². The summed E-state index contributed by atoms with van der Waals surface area (Å²) in [7, 11) is 4.64. The standard InChI is InChI=1S/C20H20N2O4S2/c1-24-13-10-12(11-14(25-2)19(13)26-3)8-9-17(23)21-20-22-18-15(27-4)6-5-7-16(18)28-20/h5-11H,1-4H3,(H,21,22,23). The number of thiazole rings is 1. The van der Waals surface area contributed by atoms with Crippen LogP contribution in [0, 0.1) is 0 Å². The summed E-state index contributed by atoms with van der Waals surface area (Å²) in [6, 6.07) is 9.54. The summed E-state index contributed by atoms with van der Waals surface area (Å²) >= 11 is 3.08. The quantitative estimate of drug-likeness (QED) is 0.445. The molecule has 0 aliphatic carbocycles. The third-order valence-electron chi connectivity index (χ3n) is 3.95. The average molecular weight is 417 g/mol. The zero-order valence-electron chi connectivity index (χ0n) is 15.9. The zero-order valence-corrected chi connectivity index (χ0v) is 17.6. The van der Waals surface area contributed by atoms with Gasteiger partial charge in [-0.25, -0.2) is 4.98 Å². The molecule has 1 N–H and O–H groups in total. The smallest absolute Gasteiger partial charge is 0.250 e. The van der Waals surface area contributed by atoms with E-state index in [4.69, 9.17) is 14.2 Å². The van der Waals surface area contributed by atoms with E-state index in [-0.39, 0.29) is 5.91 Å². The highest BCUT2D eigenvalue weighted by molar-refractivity contribution is 7.98. The minimum absolute atomic E-state index is 0.265. The number of aromatic nitrogens is 1. The van der Waals surface area contributed by atoms with Crippen LogP contribution < -0.4 is 19.5 Å². The van der Waals surface area contributed by atoms with Crippen molar-refractivity contribution in [3.63, 3.8) is 0 Å². The molecule has 0 aliphatic rings. The summed E-state index contributed by atoms with van der Waals surface area (Å²) < 4.78 is 17.0.